The summed E-state index contributed by atoms with van der Waals surface area (Å²) in [5.74, 6) is 1.21. The van der Waals surface area contributed by atoms with Crippen molar-refractivity contribution in [2.24, 2.45) is 13.0 Å². The molecule has 0 atom stereocenters. The monoisotopic (exact) mass is 409 g/mol. The number of hydrogen-bond donors (Lipinski definition) is 1. The van der Waals surface area contributed by atoms with E-state index in [0.717, 1.165) is 5.56 Å². The first-order chi connectivity index (χ1) is 13.9. The van der Waals surface area contributed by atoms with E-state index in [1.807, 2.05) is 37.6 Å². The number of nitrogens with zero attached hydrogens (tertiary/aromatic N) is 4. The van der Waals surface area contributed by atoms with E-state index >= 15 is 0 Å². The van der Waals surface area contributed by atoms with Gasteiger partial charge in [0.25, 0.3) is 0 Å². The van der Waals surface area contributed by atoms with Gasteiger partial charge in [0.1, 0.15) is 0 Å². The first-order valence-corrected chi connectivity index (χ1v) is 10.3. The second-order valence-electron chi connectivity index (χ2n) is 7.04. The van der Waals surface area contributed by atoms with Crippen molar-refractivity contribution in [2.45, 2.75) is 25.4 Å². The number of amides is 1. The summed E-state index contributed by atoms with van der Waals surface area (Å²) in [4.78, 5) is 28.4. The van der Waals surface area contributed by atoms with E-state index in [0.29, 0.717) is 34.6 Å². The summed E-state index contributed by atoms with van der Waals surface area (Å²) in [5, 5.41) is 11.9. The van der Waals surface area contributed by atoms with Crippen LogP contribution in [0.5, 0.6) is 0 Å². The Hall–Kier alpha value is -3.00. The zero-order valence-electron chi connectivity index (χ0n) is 16.6. The number of thioether (sulfide) groups is 1. The van der Waals surface area contributed by atoms with Crippen LogP contribution in [0.4, 0.5) is 5.69 Å². The van der Waals surface area contributed by atoms with Crippen molar-refractivity contribution in [2.75, 3.05) is 11.1 Å². The van der Waals surface area contributed by atoms with E-state index in [4.69, 9.17) is 0 Å². The van der Waals surface area contributed by atoms with Crippen molar-refractivity contribution in [1.29, 1.82) is 0 Å². The molecule has 3 aromatic rings. The van der Waals surface area contributed by atoms with Crippen molar-refractivity contribution in [1.82, 2.24) is 19.7 Å². The second-order valence-corrected chi connectivity index (χ2v) is 7.98. The summed E-state index contributed by atoms with van der Waals surface area (Å²) < 4.78 is 1.85. The average Bonchev–Trinajstić information content (AvgIpc) is 3.07. The first kappa shape index (κ1) is 20.7. The van der Waals surface area contributed by atoms with E-state index in [1.54, 1.807) is 36.7 Å². The summed E-state index contributed by atoms with van der Waals surface area (Å²) in [6, 6.07) is 10.7. The largest absolute Gasteiger partial charge is 0.326 e. The number of anilines is 1. The van der Waals surface area contributed by atoms with Crippen LogP contribution in [0.25, 0.3) is 11.4 Å². The molecule has 0 saturated heterocycles. The Bertz CT molecular complexity index is 984. The van der Waals surface area contributed by atoms with E-state index < -0.39 is 0 Å². The van der Waals surface area contributed by atoms with Gasteiger partial charge >= 0.3 is 0 Å². The van der Waals surface area contributed by atoms with Gasteiger partial charge in [0.15, 0.2) is 16.8 Å². The normalized spacial score (nSPS) is 10.9. The van der Waals surface area contributed by atoms with Crippen LogP contribution in [0, 0.1) is 5.92 Å². The lowest BCUT2D eigenvalue weighted by Crippen LogP contribution is -2.14. The molecule has 0 fully saturated rings. The van der Waals surface area contributed by atoms with Crippen LogP contribution < -0.4 is 5.32 Å². The molecule has 0 aliphatic rings. The third-order valence-electron chi connectivity index (χ3n) is 4.17. The highest BCUT2D eigenvalue weighted by Crippen LogP contribution is 2.23. The fourth-order valence-corrected chi connectivity index (χ4v) is 3.53. The lowest BCUT2D eigenvalue weighted by atomic mass is 10.1. The van der Waals surface area contributed by atoms with Crippen LogP contribution in [0.3, 0.4) is 0 Å². The number of aromatic nitrogens is 4. The fourth-order valence-electron chi connectivity index (χ4n) is 2.72. The molecule has 1 aromatic carbocycles. The van der Waals surface area contributed by atoms with E-state index in [2.05, 4.69) is 20.5 Å². The Morgan fingerprint density at radius 2 is 1.90 bits per heavy atom. The number of ketones is 1. The molecule has 2 heterocycles. The SMILES string of the molecule is CC(C)CC(=O)Nc1ccc(C(=O)CSc2nnc(-c3cccnc3)n2C)cc1. The van der Waals surface area contributed by atoms with E-state index in [-0.39, 0.29) is 17.4 Å². The third kappa shape index (κ3) is 5.51. The van der Waals surface area contributed by atoms with Crippen molar-refractivity contribution in [3.05, 3.63) is 54.4 Å². The zero-order valence-corrected chi connectivity index (χ0v) is 17.4. The van der Waals surface area contributed by atoms with Gasteiger partial charge in [-0.25, -0.2) is 0 Å². The lowest BCUT2D eigenvalue weighted by Gasteiger charge is -2.08. The van der Waals surface area contributed by atoms with Gasteiger partial charge < -0.3 is 9.88 Å². The Balaban J connectivity index is 1.59. The molecule has 0 radical (unpaired) electrons. The summed E-state index contributed by atoms with van der Waals surface area (Å²) in [6.07, 6.45) is 3.90. The van der Waals surface area contributed by atoms with Gasteiger partial charge in [0.2, 0.25) is 5.91 Å². The molecule has 3 rings (SSSR count). The van der Waals surface area contributed by atoms with Crippen LogP contribution >= 0.6 is 11.8 Å². The predicted molar refractivity (Wildman–Crippen MR) is 114 cm³/mol. The van der Waals surface area contributed by atoms with Gasteiger partial charge in [-0.3, -0.25) is 14.6 Å². The maximum atomic E-state index is 12.5. The summed E-state index contributed by atoms with van der Waals surface area (Å²) in [5.41, 5.74) is 2.15. The molecular weight excluding hydrogens is 386 g/mol. The highest BCUT2D eigenvalue weighted by Gasteiger charge is 2.14. The van der Waals surface area contributed by atoms with Gasteiger partial charge in [0.05, 0.1) is 5.75 Å². The molecule has 1 N–H and O–H groups in total. The van der Waals surface area contributed by atoms with Crippen molar-refractivity contribution in [3.8, 4) is 11.4 Å². The van der Waals surface area contributed by atoms with Gasteiger partial charge in [-0.15, -0.1) is 10.2 Å². The van der Waals surface area contributed by atoms with Gasteiger partial charge in [-0.1, -0.05) is 25.6 Å². The van der Waals surface area contributed by atoms with Crippen molar-refractivity contribution in [3.63, 3.8) is 0 Å². The van der Waals surface area contributed by atoms with Crippen LogP contribution in [0.15, 0.2) is 53.9 Å². The number of nitrogens with one attached hydrogen (secondary N) is 1. The Morgan fingerprint density at radius 3 is 2.55 bits per heavy atom. The lowest BCUT2D eigenvalue weighted by molar-refractivity contribution is -0.116. The van der Waals surface area contributed by atoms with Crippen molar-refractivity contribution >= 4 is 29.1 Å². The quantitative estimate of drug-likeness (QED) is 0.449. The molecule has 0 aliphatic carbocycles. The maximum absolute atomic E-state index is 12.5. The number of Topliss-reactive ketones (excluding diaryl/α,β-unsaturated/α-hetero) is 1. The first-order valence-electron chi connectivity index (χ1n) is 9.29. The molecule has 0 aliphatic heterocycles. The minimum absolute atomic E-state index is 0.0130. The number of benzene rings is 1. The number of carbonyl (C=O) groups is 2. The molecule has 0 spiro atoms. The minimum Gasteiger partial charge on any atom is -0.326 e. The van der Waals surface area contributed by atoms with Crippen molar-refractivity contribution < 1.29 is 9.59 Å². The van der Waals surface area contributed by atoms with Gasteiger partial charge in [-0.2, -0.15) is 0 Å². The van der Waals surface area contributed by atoms with Crippen LogP contribution in [-0.2, 0) is 11.8 Å². The zero-order chi connectivity index (χ0) is 20.8. The maximum Gasteiger partial charge on any atom is 0.224 e. The summed E-state index contributed by atoms with van der Waals surface area (Å²) in [6.45, 7) is 3.99. The third-order valence-corrected chi connectivity index (χ3v) is 5.19. The Morgan fingerprint density at radius 1 is 1.14 bits per heavy atom. The molecule has 29 heavy (non-hydrogen) atoms. The topological polar surface area (TPSA) is 89.8 Å². The number of carbonyl (C=O) groups excluding carboxylic acids is 2. The van der Waals surface area contributed by atoms with Crippen LogP contribution in [0.1, 0.15) is 30.6 Å². The molecular formula is C21H23N5O2S. The number of pyridine rings is 1. The molecule has 0 saturated carbocycles. The van der Waals surface area contributed by atoms with Gasteiger partial charge in [-0.05, 0) is 42.3 Å². The highest BCUT2D eigenvalue weighted by molar-refractivity contribution is 7.99. The molecule has 0 bridgehead atoms. The predicted octanol–water partition coefficient (Wildman–Crippen LogP) is 3.84. The minimum atomic E-state index is -0.0265. The smallest absolute Gasteiger partial charge is 0.224 e. The van der Waals surface area contributed by atoms with Crippen LogP contribution in [-0.4, -0.2) is 37.2 Å². The van der Waals surface area contributed by atoms with Gasteiger partial charge in [0, 0.05) is 42.7 Å². The molecule has 150 valence electrons. The van der Waals surface area contributed by atoms with E-state index in [1.165, 1.54) is 11.8 Å². The molecule has 0 unspecified atom stereocenters. The number of rotatable bonds is 8. The molecule has 7 nitrogen and oxygen atoms in total. The number of hydrogen-bond acceptors (Lipinski definition) is 6. The van der Waals surface area contributed by atoms with Crippen LogP contribution in [0.2, 0.25) is 0 Å². The molecule has 1 amide bonds. The highest BCUT2D eigenvalue weighted by atomic mass is 32.2. The standard InChI is InChI=1S/C21H23N5O2S/c1-14(2)11-19(28)23-17-8-6-15(7-9-17)18(27)13-29-21-25-24-20(26(21)3)16-5-4-10-22-12-16/h4-10,12,14H,11,13H2,1-3H3,(H,23,28). The fraction of sp³-hybridized carbons (Fsp3) is 0.286. The molecule has 2 aromatic heterocycles. The Kier molecular flexibility index (Phi) is 6.77. The second kappa shape index (κ2) is 9.47. The average molecular weight is 410 g/mol. The van der Waals surface area contributed by atoms with E-state index in [9.17, 15) is 9.59 Å². The Labute approximate surface area is 174 Å². The molecule has 8 heteroatoms. The summed E-state index contributed by atoms with van der Waals surface area (Å²) >= 11 is 1.34. The summed E-state index contributed by atoms with van der Waals surface area (Å²) in [7, 11) is 1.86.